The molecule has 11 heavy (non-hydrogen) atoms. The maximum Gasteiger partial charge on any atom is 0.223 e. The van der Waals surface area contributed by atoms with Crippen molar-refractivity contribution in [3.8, 4) is 0 Å². The van der Waals surface area contributed by atoms with Gasteiger partial charge in [-0.25, -0.2) is 0 Å². The van der Waals surface area contributed by atoms with Crippen LogP contribution < -0.4 is 11.1 Å². The quantitative estimate of drug-likeness (QED) is 0.224. The molecule has 0 aromatic rings. The fraction of sp³-hybridized carbons (Fsp3) is 0.667. The smallest absolute Gasteiger partial charge is 0.223 e. The lowest BCUT2D eigenvalue weighted by Gasteiger charge is -2.07. The summed E-state index contributed by atoms with van der Waals surface area (Å²) in [5.41, 5.74) is 5.19. The third-order valence-electron chi connectivity index (χ3n) is 1.34. The molecule has 0 saturated carbocycles. The van der Waals surface area contributed by atoms with E-state index in [1.165, 1.54) is 0 Å². The van der Waals surface area contributed by atoms with E-state index in [4.69, 9.17) is 10.9 Å². The minimum Gasteiger partial charge on any atom is -0.409 e. The van der Waals surface area contributed by atoms with Crippen LogP contribution in [0, 0.1) is 5.92 Å². The summed E-state index contributed by atoms with van der Waals surface area (Å²) in [6.45, 7) is 1.71. The predicted octanol–water partition coefficient (Wildman–Crippen LogP) is -0.495. The van der Waals surface area contributed by atoms with Crippen molar-refractivity contribution in [2.24, 2.45) is 16.8 Å². The molecule has 0 aliphatic heterocycles. The van der Waals surface area contributed by atoms with E-state index in [0.717, 1.165) is 0 Å². The minimum absolute atomic E-state index is 0.0705. The normalized spacial score (nSPS) is 14.2. The lowest BCUT2D eigenvalue weighted by atomic mass is 10.1. The molecule has 1 atom stereocenters. The summed E-state index contributed by atoms with van der Waals surface area (Å²) in [5.74, 6) is -0.298. The molecule has 0 saturated heterocycles. The second-order valence-electron chi connectivity index (χ2n) is 2.31. The van der Waals surface area contributed by atoms with Crippen LogP contribution in [0.15, 0.2) is 5.16 Å². The molecule has 0 aliphatic rings. The molecule has 0 aromatic heterocycles. The number of nitrogens with two attached hydrogens (primary N) is 1. The number of nitrogens with one attached hydrogen (secondary N) is 1. The van der Waals surface area contributed by atoms with E-state index in [9.17, 15) is 4.79 Å². The average molecular weight is 159 g/mol. The van der Waals surface area contributed by atoms with Crippen LogP contribution in [-0.2, 0) is 4.79 Å². The number of carbonyl (C=O) groups is 1. The fourth-order valence-electron chi connectivity index (χ4n) is 0.694. The Hall–Kier alpha value is -1.26. The van der Waals surface area contributed by atoms with Crippen molar-refractivity contribution >= 4 is 11.7 Å². The standard InChI is InChI=1S/C6H13N3O2/c1-4(6(10)8-2)3-5(7)9-11/h4,11H,3H2,1-2H3,(H2,7,9)(H,8,10). The Balaban J connectivity index is 3.87. The van der Waals surface area contributed by atoms with Crippen LogP contribution in [0.5, 0.6) is 0 Å². The van der Waals surface area contributed by atoms with Gasteiger partial charge in [0.15, 0.2) is 0 Å². The van der Waals surface area contributed by atoms with E-state index < -0.39 is 0 Å². The average Bonchev–Trinajstić information content (AvgIpc) is 2.02. The molecule has 5 nitrogen and oxygen atoms in total. The molecule has 0 aliphatic carbocycles. The lowest BCUT2D eigenvalue weighted by Crippen LogP contribution is -2.29. The first-order valence-electron chi connectivity index (χ1n) is 3.29. The maximum atomic E-state index is 10.9. The number of amides is 1. The third-order valence-corrected chi connectivity index (χ3v) is 1.34. The number of amidine groups is 1. The highest BCUT2D eigenvalue weighted by Gasteiger charge is 2.12. The van der Waals surface area contributed by atoms with Gasteiger partial charge in [-0.2, -0.15) is 0 Å². The Labute approximate surface area is 65.3 Å². The van der Waals surface area contributed by atoms with Crippen molar-refractivity contribution in [1.29, 1.82) is 0 Å². The van der Waals surface area contributed by atoms with Crippen LogP contribution in [0.1, 0.15) is 13.3 Å². The monoisotopic (exact) mass is 159 g/mol. The number of hydrogen-bond acceptors (Lipinski definition) is 3. The van der Waals surface area contributed by atoms with Crippen molar-refractivity contribution in [2.75, 3.05) is 7.05 Å². The Morgan fingerprint density at radius 3 is 2.73 bits per heavy atom. The van der Waals surface area contributed by atoms with Gasteiger partial charge in [-0.3, -0.25) is 4.79 Å². The van der Waals surface area contributed by atoms with Gasteiger partial charge in [0.25, 0.3) is 0 Å². The molecular weight excluding hydrogens is 146 g/mol. The Morgan fingerprint density at radius 2 is 2.36 bits per heavy atom. The number of rotatable bonds is 3. The highest BCUT2D eigenvalue weighted by atomic mass is 16.4. The molecule has 1 unspecified atom stereocenters. The number of nitrogens with zero attached hydrogens (tertiary/aromatic N) is 1. The summed E-state index contributed by atoms with van der Waals surface area (Å²) in [6.07, 6.45) is 0.274. The summed E-state index contributed by atoms with van der Waals surface area (Å²) in [6, 6.07) is 0. The molecule has 5 heteroatoms. The van der Waals surface area contributed by atoms with Gasteiger partial charge < -0.3 is 16.3 Å². The minimum atomic E-state index is -0.254. The van der Waals surface area contributed by atoms with Crippen molar-refractivity contribution in [3.63, 3.8) is 0 Å². The number of carbonyl (C=O) groups excluding carboxylic acids is 1. The highest BCUT2D eigenvalue weighted by molar-refractivity contribution is 5.86. The number of oxime groups is 1. The summed E-state index contributed by atoms with van der Waals surface area (Å²) >= 11 is 0. The first kappa shape index (κ1) is 9.74. The second kappa shape index (κ2) is 4.54. The molecule has 64 valence electrons. The van der Waals surface area contributed by atoms with Crippen LogP contribution in [-0.4, -0.2) is 24.0 Å². The zero-order chi connectivity index (χ0) is 8.85. The van der Waals surface area contributed by atoms with Crippen LogP contribution in [0.4, 0.5) is 0 Å². The van der Waals surface area contributed by atoms with Gasteiger partial charge in [0.05, 0.1) is 0 Å². The van der Waals surface area contributed by atoms with Gasteiger partial charge in [0.1, 0.15) is 5.84 Å². The number of hydrogen-bond donors (Lipinski definition) is 3. The summed E-state index contributed by atoms with van der Waals surface area (Å²) in [4.78, 5) is 10.9. The van der Waals surface area contributed by atoms with Crippen LogP contribution >= 0.6 is 0 Å². The molecule has 1 amide bonds. The van der Waals surface area contributed by atoms with Gasteiger partial charge in [-0.15, -0.1) is 0 Å². The van der Waals surface area contributed by atoms with Crippen molar-refractivity contribution in [3.05, 3.63) is 0 Å². The molecule has 0 bridgehead atoms. The zero-order valence-corrected chi connectivity index (χ0v) is 6.66. The lowest BCUT2D eigenvalue weighted by molar-refractivity contribution is -0.123. The van der Waals surface area contributed by atoms with E-state index in [1.54, 1.807) is 14.0 Å². The maximum absolute atomic E-state index is 10.9. The first-order valence-corrected chi connectivity index (χ1v) is 3.29. The molecule has 0 heterocycles. The Kier molecular flexibility index (Phi) is 4.02. The van der Waals surface area contributed by atoms with Crippen LogP contribution in [0.25, 0.3) is 0 Å². The molecule has 0 fully saturated rings. The van der Waals surface area contributed by atoms with Crippen molar-refractivity contribution in [1.82, 2.24) is 5.32 Å². The zero-order valence-electron chi connectivity index (χ0n) is 6.66. The van der Waals surface area contributed by atoms with E-state index in [0.29, 0.717) is 0 Å². The van der Waals surface area contributed by atoms with Crippen molar-refractivity contribution in [2.45, 2.75) is 13.3 Å². The summed E-state index contributed by atoms with van der Waals surface area (Å²) in [5, 5.41) is 13.4. The van der Waals surface area contributed by atoms with Gasteiger partial charge in [0.2, 0.25) is 5.91 Å². The molecule has 0 rings (SSSR count). The van der Waals surface area contributed by atoms with Crippen LogP contribution in [0.3, 0.4) is 0 Å². The molecule has 0 radical (unpaired) electrons. The summed E-state index contributed by atoms with van der Waals surface area (Å²) < 4.78 is 0. The molecule has 4 N–H and O–H groups in total. The molecular formula is C6H13N3O2. The molecule has 0 spiro atoms. The van der Waals surface area contributed by atoms with Crippen molar-refractivity contribution < 1.29 is 10.0 Å². The first-order chi connectivity index (χ1) is 5.11. The van der Waals surface area contributed by atoms with Crippen LogP contribution in [0.2, 0.25) is 0 Å². The van der Waals surface area contributed by atoms with Gasteiger partial charge >= 0.3 is 0 Å². The second-order valence-corrected chi connectivity index (χ2v) is 2.31. The highest BCUT2D eigenvalue weighted by Crippen LogP contribution is 2.00. The SMILES string of the molecule is CNC(=O)C(C)C/C(N)=N\O. The molecule has 0 aromatic carbocycles. The van der Waals surface area contributed by atoms with E-state index in [1.807, 2.05) is 0 Å². The van der Waals surface area contributed by atoms with E-state index >= 15 is 0 Å². The van der Waals surface area contributed by atoms with Gasteiger partial charge in [0, 0.05) is 19.4 Å². The van der Waals surface area contributed by atoms with E-state index in [2.05, 4.69) is 10.5 Å². The van der Waals surface area contributed by atoms with E-state index in [-0.39, 0.29) is 24.1 Å². The Morgan fingerprint density at radius 1 is 1.82 bits per heavy atom. The van der Waals surface area contributed by atoms with Gasteiger partial charge in [-0.05, 0) is 0 Å². The third kappa shape index (κ3) is 3.44. The topological polar surface area (TPSA) is 87.7 Å². The Bertz CT molecular complexity index is 167. The fourth-order valence-corrected chi connectivity index (χ4v) is 0.694. The predicted molar refractivity (Wildman–Crippen MR) is 41.3 cm³/mol. The summed E-state index contributed by atoms with van der Waals surface area (Å²) in [7, 11) is 1.55. The van der Waals surface area contributed by atoms with Gasteiger partial charge in [-0.1, -0.05) is 12.1 Å². The largest absolute Gasteiger partial charge is 0.409 e.